The van der Waals surface area contributed by atoms with E-state index in [2.05, 4.69) is 10.3 Å². The van der Waals surface area contributed by atoms with Crippen molar-refractivity contribution in [2.45, 2.75) is 44.6 Å². The van der Waals surface area contributed by atoms with Crippen LogP contribution in [0.1, 0.15) is 36.8 Å². The zero-order valence-electron chi connectivity index (χ0n) is 18.9. The van der Waals surface area contributed by atoms with Crippen molar-refractivity contribution < 1.29 is 24.2 Å². The average Bonchev–Trinajstić information content (AvgIpc) is 2.83. The number of ether oxygens (including phenoxy) is 1. The number of benzene rings is 1. The highest BCUT2D eigenvalue weighted by Gasteiger charge is 2.26. The Morgan fingerprint density at radius 2 is 1.88 bits per heavy atom. The molecule has 2 heterocycles. The molecule has 0 unspecified atom stereocenters. The fourth-order valence-corrected chi connectivity index (χ4v) is 4.05. The molecule has 2 N–H and O–H groups in total. The summed E-state index contributed by atoms with van der Waals surface area (Å²) in [4.78, 5) is 42.6. The van der Waals surface area contributed by atoms with Gasteiger partial charge in [0.25, 0.3) is 0 Å². The molecule has 3 rings (SSSR count). The Morgan fingerprint density at radius 3 is 2.48 bits per heavy atom. The Labute approximate surface area is 194 Å². The summed E-state index contributed by atoms with van der Waals surface area (Å²) >= 11 is 0. The first-order valence-electron chi connectivity index (χ1n) is 11.3. The largest absolute Gasteiger partial charge is 0.497 e. The second kappa shape index (κ2) is 12.0. The Hall–Kier alpha value is -3.42. The minimum absolute atomic E-state index is 0.118. The zero-order valence-corrected chi connectivity index (χ0v) is 18.9. The van der Waals surface area contributed by atoms with E-state index in [1.165, 1.54) is 0 Å². The second-order valence-electron chi connectivity index (χ2n) is 8.40. The molecule has 0 spiro atoms. The van der Waals surface area contributed by atoms with Gasteiger partial charge < -0.3 is 20.1 Å². The number of aryl methyl sites for hydroxylation is 1. The number of likely N-dealkylation sites (tertiary alicyclic amines) is 1. The molecule has 0 radical (unpaired) electrons. The van der Waals surface area contributed by atoms with Crippen LogP contribution in [0.2, 0.25) is 0 Å². The van der Waals surface area contributed by atoms with Crippen molar-refractivity contribution >= 4 is 17.8 Å². The number of pyridine rings is 1. The van der Waals surface area contributed by atoms with Gasteiger partial charge in [-0.15, -0.1) is 0 Å². The van der Waals surface area contributed by atoms with Gasteiger partial charge >= 0.3 is 5.97 Å². The molecule has 0 saturated carbocycles. The quantitative estimate of drug-likeness (QED) is 0.572. The highest BCUT2D eigenvalue weighted by molar-refractivity contribution is 5.84. The van der Waals surface area contributed by atoms with Crippen LogP contribution >= 0.6 is 0 Å². The third kappa shape index (κ3) is 7.59. The van der Waals surface area contributed by atoms with Gasteiger partial charge in [0.15, 0.2) is 0 Å². The number of hydrogen-bond acceptors (Lipinski definition) is 5. The first kappa shape index (κ1) is 24.2. The summed E-state index contributed by atoms with van der Waals surface area (Å²) in [7, 11) is 1.57. The number of carbonyl (C=O) groups is 3. The van der Waals surface area contributed by atoms with Crippen molar-refractivity contribution in [3.05, 3.63) is 59.9 Å². The van der Waals surface area contributed by atoms with Crippen molar-refractivity contribution in [3.63, 3.8) is 0 Å². The standard InChI is InChI=1S/C25H31N3O5/c1-33-21-7-4-18(5-8-21)15-22(25(31)32)27-23(29)16-19-10-13-28(14-11-19)24(30)9-6-20-3-2-12-26-17-20/h2-5,7-8,12,17,19,22H,6,9-11,13-16H2,1H3,(H,27,29)(H,31,32)/t22-/m0/s1. The van der Waals surface area contributed by atoms with Gasteiger partial charge in [-0.3, -0.25) is 14.6 Å². The molecule has 1 aliphatic rings. The van der Waals surface area contributed by atoms with Crippen LogP contribution in [0.4, 0.5) is 0 Å². The number of methoxy groups -OCH3 is 1. The van der Waals surface area contributed by atoms with Gasteiger partial charge in [-0.05, 0) is 54.5 Å². The zero-order chi connectivity index (χ0) is 23.6. The molecule has 8 heteroatoms. The van der Waals surface area contributed by atoms with Crippen molar-refractivity contribution in [2.75, 3.05) is 20.2 Å². The van der Waals surface area contributed by atoms with Gasteiger partial charge in [0, 0.05) is 44.7 Å². The van der Waals surface area contributed by atoms with E-state index in [4.69, 9.17) is 4.74 Å². The number of amides is 2. The Kier molecular flexibility index (Phi) is 8.80. The molecule has 1 saturated heterocycles. The highest BCUT2D eigenvalue weighted by Crippen LogP contribution is 2.21. The van der Waals surface area contributed by atoms with Gasteiger partial charge in [-0.25, -0.2) is 4.79 Å². The minimum atomic E-state index is -1.06. The predicted octanol–water partition coefficient (Wildman–Crippen LogP) is 2.46. The van der Waals surface area contributed by atoms with Gasteiger partial charge in [-0.2, -0.15) is 0 Å². The molecule has 176 valence electrons. The second-order valence-corrected chi connectivity index (χ2v) is 8.40. The van der Waals surface area contributed by atoms with Gasteiger partial charge in [-0.1, -0.05) is 18.2 Å². The SMILES string of the molecule is COc1ccc(C[C@H](NC(=O)CC2CCN(C(=O)CCc3cccnc3)CC2)C(=O)O)cc1. The van der Waals surface area contributed by atoms with E-state index in [1.54, 1.807) is 43.8 Å². The first-order chi connectivity index (χ1) is 15.9. The number of rotatable bonds is 10. The number of carbonyl (C=O) groups excluding carboxylic acids is 2. The van der Waals surface area contributed by atoms with E-state index in [0.29, 0.717) is 31.7 Å². The number of aromatic nitrogens is 1. The maximum Gasteiger partial charge on any atom is 0.326 e. The summed E-state index contributed by atoms with van der Waals surface area (Å²) in [6, 6.07) is 9.96. The maximum atomic E-state index is 12.5. The van der Waals surface area contributed by atoms with Gasteiger partial charge in [0.1, 0.15) is 11.8 Å². The van der Waals surface area contributed by atoms with Crippen LogP contribution in [0.15, 0.2) is 48.8 Å². The van der Waals surface area contributed by atoms with E-state index in [1.807, 2.05) is 17.0 Å². The topological polar surface area (TPSA) is 109 Å². The third-order valence-electron chi connectivity index (χ3n) is 6.02. The molecule has 8 nitrogen and oxygen atoms in total. The van der Waals surface area contributed by atoms with Crippen molar-refractivity contribution in [2.24, 2.45) is 5.92 Å². The molecular weight excluding hydrogens is 422 g/mol. The van der Waals surface area contributed by atoms with E-state index in [9.17, 15) is 19.5 Å². The van der Waals surface area contributed by atoms with Crippen LogP contribution in [0.5, 0.6) is 5.75 Å². The summed E-state index contributed by atoms with van der Waals surface area (Å²) in [6.07, 6.45) is 6.55. The molecule has 2 aromatic rings. The summed E-state index contributed by atoms with van der Waals surface area (Å²) < 4.78 is 5.11. The van der Waals surface area contributed by atoms with Crippen LogP contribution in [0.25, 0.3) is 0 Å². The summed E-state index contributed by atoms with van der Waals surface area (Å²) in [5.74, 6) is -0.378. The van der Waals surface area contributed by atoms with E-state index >= 15 is 0 Å². The molecule has 0 bridgehead atoms. The Balaban J connectivity index is 1.41. The van der Waals surface area contributed by atoms with Crippen LogP contribution in [0.3, 0.4) is 0 Å². The fraction of sp³-hybridized carbons (Fsp3) is 0.440. The van der Waals surface area contributed by atoms with Crippen LogP contribution in [0, 0.1) is 5.92 Å². The molecule has 33 heavy (non-hydrogen) atoms. The molecule has 1 aliphatic heterocycles. The smallest absolute Gasteiger partial charge is 0.326 e. The molecular formula is C25H31N3O5. The lowest BCUT2D eigenvalue weighted by Crippen LogP contribution is -2.44. The molecule has 2 amide bonds. The minimum Gasteiger partial charge on any atom is -0.497 e. The van der Waals surface area contributed by atoms with Crippen LogP contribution in [-0.4, -0.2) is 59.0 Å². The molecule has 1 aromatic heterocycles. The summed E-state index contributed by atoms with van der Waals surface area (Å²) in [6.45, 7) is 1.25. The monoisotopic (exact) mass is 453 g/mol. The number of hydrogen-bond donors (Lipinski definition) is 2. The first-order valence-corrected chi connectivity index (χ1v) is 11.3. The van der Waals surface area contributed by atoms with Crippen LogP contribution in [-0.2, 0) is 27.2 Å². The Morgan fingerprint density at radius 1 is 1.15 bits per heavy atom. The van der Waals surface area contributed by atoms with Gasteiger partial charge in [0.05, 0.1) is 7.11 Å². The molecule has 0 aliphatic carbocycles. The number of nitrogens with zero attached hydrogens (tertiary/aromatic N) is 2. The maximum absolute atomic E-state index is 12.5. The predicted molar refractivity (Wildman–Crippen MR) is 123 cm³/mol. The van der Waals surface area contributed by atoms with Crippen LogP contribution < -0.4 is 10.1 Å². The number of piperidine rings is 1. The molecule has 1 atom stereocenters. The highest BCUT2D eigenvalue weighted by atomic mass is 16.5. The van der Waals surface area contributed by atoms with Gasteiger partial charge in [0.2, 0.25) is 11.8 Å². The lowest BCUT2D eigenvalue weighted by atomic mass is 9.92. The third-order valence-corrected chi connectivity index (χ3v) is 6.02. The lowest BCUT2D eigenvalue weighted by molar-refractivity contribution is -0.142. The lowest BCUT2D eigenvalue weighted by Gasteiger charge is -2.32. The number of carboxylic acid groups (broad SMARTS) is 1. The average molecular weight is 454 g/mol. The number of carboxylic acids is 1. The van der Waals surface area contributed by atoms with Crippen molar-refractivity contribution in [1.29, 1.82) is 0 Å². The molecule has 1 aromatic carbocycles. The van der Waals surface area contributed by atoms with Crippen molar-refractivity contribution in [3.8, 4) is 5.75 Å². The summed E-state index contributed by atoms with van der Waals surface area (Å²) in [5.41, 5.74) is 1.85. The molecule has 1 fully saturated rings. The van der Waals surface area contributed by atoms with E-state index in [0.717, 1.165) is 24.0 Å². The fourth-order valence-electron chi connectivity index (χ4n) is 4.05. The van der Waals surface area contributed by atoms with E-state index in [-0.39, 0.29) is 30.6 Å². The van der Waals surface area contributed by atoms with Crippen molar-refractivity contribution in [1.82, 2.24) is 15.2 Å². The Bertz CT molecular complexity index is 925. The van der Waals surface area contributed by atoms with E-state index < -0.39 is 12.0 Å². The normalized spacial score (nSPS) is 15.0. The number of nitrogens with one attached hydrogen (secondary N) is 1. The summed E-state index contributed by atoms with van der Waals surface area (Å²) in [5, 5.41) is 12.2. The number of aliphatic carboxylic acids is 1.